The van der Waals surface area contributed by atoms with Crippen molar-refractivity contribution in [3.8, 4) is 5.75 Å². The lowest BCUT2D eigenvalue weighted by atomic mass is 10.0. The van der Waals surface area contributed by atoms with Gasteiger partial charge in [-0.1, -0.05) is 18.2 Å². The number of nitrogens with one attached hydrogen (secondary N) is 1. The van der Waals surface area contributed by atoms with Crippen molar-refractivity contribution in [1.29, 1.82) is 0 Å². The van der Waals surface area contributed by atoms with Gasteiger partial charge in [-0.05, 0) is 35.9 Å². The molecule has 0 spiro atoms. The predicted molar refractivity (Wildman–Crippen MR) is 84.7 cm³/mol. The van der Waals surface area contributed by atoms with E-state index in [4.69, 9.17) is 9.84 Å². The molecule has 0 radical (unpaired) electrons. The second-order valence-electron chi connectivity index (χ2n) is 5.00. The molecule has 2 N–H and O–H groups in total. The van der Waals surface area contributed by atoms with Crippen LogP contribution in [0.3, 0.4) is 0 Å². The molecule has 0 aliphatic rings. The third-order valence-electron chi connectivity index (χ3n) is 3.30. The summed E-state index contributed by atoms with van der Waals surface area (Å²) < 4.78 is 45.3. The van der Waals surface area contributed by atoms with Gasteiger partial charge >= 0.3 is 5.97 Å². The minimum Gasteiger partial charge on any atom is -0.497 e. The van der Waals surface area contributed by atoms with Gasteiger partial charge in [0.05, 0.1) is 24.5 Å². The summed E-state index contributed by atoms with van der Waals surface area (Å²) in [7, 11) is -2.59. The number of hydrogen-bond donors (Lipinski definition) is 2. The van der Waals surface area contributed by atoms with E-state index in [9.17, 15) is 17.6 Å². The molecule has 0 bridgehead atoms. The highest BCUT2D eigenvalue weighted by Crippen LogP contribution is 2.23. The fourth-order valence-electron chi connectivity index (χ4n) is 2.13. The lowest BCUT2D eigenvalue weighted by molar-refractivity contribution is -0.137. The average Bonchev–Trinajstić information content (AvgIpc) is 2.54. The molecule has 1 atom stereocenters. The summed E-state index contributed by atoms with van der Waals surface area (Å²) >= 11 is 0. The molecule has 6 nitrogen and oxygen atoms in total. The standard InChI is InChI=1S/C16H16FNO5S/c1-23-13-7-5-11(6-8-13)15(10-16(19)20)18-24(21,22)14-4-2-3-12(17)9-14/h2-9,15,18H,10H2,1H3,(H,19,20)/t15-/m0/s1. The van der Waals surface area contributed by atoms with Crippen molar-refractivity contribution < 1.29 is 27.4 Å². The van der Waals surface area contributed by atoms with E-state index in [0.717, 1.165) is 12.1 Å². The summed E-state index contributed by atoms with van der Waals surface area (Å²) in [6.07, 6.45) is -0.457. The third kappa shape index (κ3) is 4.53. The Morgan fingerprint density at radius 2 is 1.92 bits per heavy atom. The Bertz CT molecular complexity index is 821. The minimum absolute atomic E-state index is 0.272. The summed E-state index contributed by atoms with van der Waals surface area (Å²) in [5, 5.41) is 9.04. The second kappa shape index (κ2) is 7.41. The monoisotopic (exact) mass is 353 g/mol. The SMILES string of the molecule is COc1ccc([C@H](CC(=O)O)NS(=O)(=O)c2cccc(F)c2)cc1. The molecule has 0 saturated heterocycles. The first kappa shape index (κ1) is 17.9. The molecule has 0 aliphatic carbocycles. The molecule has 0 unspecified atom stereocenters. The largest absolute Gasteiger partial charge is 0.497 e. The van der Waals surface area contributed by atoms with E-state index < -0.39 is 34.3 Å². The van der Waals surface area contributed by atoms with Gasteiger partial charge in [-0.25, -0.2) is 17.5 Å². The fourth-order valence-corrected chi connectivity index (χ4v) is 3.38. The van der Waals surface area contributed by atoms with E-state index in [1.54, 1.807) is 24.3 Å². The number of rotatable bonds is 7. The van der Waals surface area contributed by atoms with E-state index in [1.165, 1.54) is 19.2 Å². The molecule has 24 heavy (non-hydrogen) atoms. The zero-order chi connectivity index (χ0) is 17.7. The summed E-state index contributed by atoms with van der Waals surface area (Å²) in [5.74, 6) is -1.31. The highest BCUT2D eigenvalue weighted by molar-refractivity contribution is 7.89. The van der Waals surface area contributed by atoms with Crippen LogP contribution in [0.25, 0.3) is 0 Å². The highest BCUT2D eigenvalue weighted by atomic mass is 32.2. The average molecular weight is 353 g/mol. The van der Waals surface area contributed by atoms with Crippen molar-refractivity contribution in [2.75, 3.05) is 7.11 Å². The minimum atomic E-state index is -4.08. The molecule has 0 aliphatic heterocycles. The van der Waals surface area contributed by atoms with Crippen LogP contribution >= 0.6 is 0 Å². The third-order valence-corrected chi connectivity index (χ3v) is 4.77. The number of carboxylic acid groups (broad SMARTS) is 1. The molecule has 128 valence electrons. The molecule has 0 heterocycles. The number of hydrogen-bond acceptors (Lipinski definition) is 4. The number of sulfonamides is 1. The van der Waals surface area contributed by atoms with E-state index in [0.29, 0.717) is 11.3 Å². The zero-order valence-corrected chi connectivity index (χ0v) is 13.6. The Morgan fingerprint density at radius 1 is 1.25 bits per heavy atom. The Morgan fingerprint density at radius 3 is 2.46 bits per heavy atom. The Balaban J connectivity index is 2.32. The zero-order valence-electron chi connectivity index (χ0n) is 12.8. The summed E-state index contributed by atoms with van der Waals surface area (Å²) in [4.78, 5) is 10.8. The molecule has 2 aromatic carbocycles. The van der Waals surface area contributed by atoms with Gasteiger partial charge in [0, 0.05) is 0 Å². The molecule has 2 aromatic rings. The van der Waals surface area contributed by atoms with Crippen molar-refractivity contribution in [2.24, 2.45) is 0 Å². The maximum absolute atomic E-state index is 13.3. The maximum atomic E-state index is 13.3. The Kier molecular flexibility index (Phi) is 5.53. The van der Waals surface area contributed by atoms with E-state index in [-0.39, 0.29) is 4.90 Å². The molecule has 0 amide bonds. The molecule has 0 saturated carbocycles. The number of benzene rings is 2. The van der Waals surface area contributed by atoms with Crippen LogP contribution in [0.15, 0.2) is 53.4 Å². The smallest absolute Gasteiger partial charge is 0.305 e. The maximum Gasteiger partial charge on any atom is 0.305 e. The summed E-state index contributed by atoms with van der Waals surface area (Å²) in [6.45, 7) is 0. The van der Waals surface area contributed by atoms with Gasteiger partial charge in [0.25, 0.3) is 0 Å². The fraction of sp³-hybridized carbons (Fsp3) is 0.188. The first-order chi connectivity index (χ1) is 11.3. The first-order valence-corrected chi connectivity index (χ1v) is 8.44. The van der Waals surface area contributed by atoms with Gasteiger partial charge in [-0.15, -0.1) is 0 Å². The van der Waals surface area contributed by atoms with Crippen LogP contribution in [0.2, 0.25) is 0 Å². The van der Waals surface area contributed by atoms with Gasteiger partial charge in [-0.2, -0.15) is 0 Å². The van der Waals surface area contributed by atoms with Crippen LogP contribution in [0.4, 0.5) is 4.39 Å². The van der Waals surface area contributed by atoms with Gasteiger partial charge < -0.3 is 9.84 Å². The number of carboxylic acids is 1. The number of aliphatic carboxylic acids is 1. The summed E-state index contributed by atoms with van der Waals surface area (Å²) in [5.41, 5.74) is 0.457. The van der Waals surface area contributed by atoms with Gasteiger partial charge in [0.15, 0.2) is 0 Å². The lowest BCUT2D eigenvalue weighted by Crippen LogP contribution is -2.30. The first-order valence-electron chi connectivity index (χ1n) is 6.95. The predicted octanol–water partition coefficient (Wildman–Crippen LogP) is 2.33. The topological polar surface area (TPSA) is 92.7 Å². The van der Waals surface area contributed by atoms with Gasteiger partial charge in [0.2, 0.25) is 10.0 Å². The Hall–Kier alpha value is -2.45. The van der Waals surface area contributed by atoms with Crippen LogP contribution in [0, 0.1) is 5.82 Å². The van der Waals surface area contributed by atoms with Gasteiger partial charge in [-0.3, -0.25) is 4.79 Å². The molecule has 2 rings (SSSR count). The Labute approximate surface area is 138 Å². The van der Waals surface area contributed by atoms with E-state index in [1.807, 2.05) is 0 Å². The van der Waals surface area contributed by atoms with Crippen LogP contribution in [0.1, 0.15) is 18.0 Å². The van der Waals surface area contributed by atoms with Crippen LogP contribution < -0.4 is 9.46 Å². The number of ether oxygens (including phenoxy) is 1. The summed E-state index contributed by atoms with van der Waals surface area (Å²) in [6, 6.07) is 9.83. The molecule has 0 aromatic heterocycles. The van der Waals surface area contributed by atoms with E-state index >= 15 is 0 Å². The quantitative estimate of drug-likeness (QED) is 0.797. The molecular weight excluding hydrogens is 337 g/mol. The number of halogens is 1. The van der Waals surface area contributed by atoms with Crippen LogP contribution in [-0.2, 0) is 14.8 Å². The van der Waals surface area contributed by atoms with Crippen LogP contribution in [0.5, 0.6) is 5.75 Å². The molecular formula is C16H16FNO5S. The molecule has 8 heteroatoms. The number of methoxy groups -OCH3 is 1. The van der Waals surface area contributed by atoms with Crippen molar-refractivity contribution in [3.05, 3.63) is 59.9 Å². The number of carbonyl (C=O) groups is 1. The van der Waals surface area contributed by atoms with Crippen LogP contribution in [-0.4, -0.2) is 26.6 Å². The normalized spacial score (nSPS) is 12.6. The second-order valence-corrected chi connectivity index (χ2v) is 6.72. The van der Waals surface area contributed by atoms with Crippen molar-refractivity contribution in [3.63, 3.8) is 0 Å². The van der Waals surface area contributed by atoms with E-state index in [2.05, 4.69) is 4.72 Å². The van der Waals surface area contributed by atoms with Crippen molar-refractivity contribution in [2.45, 2.75) is 17.4 Å². The van der Waals surface area contributed by atoms with Crippen molar-refractivity contribution >= 4 is 16.0 Å². The lowest BCUT2D eigenvalue weighted by Gasteiger charge is -2.18. The van der Waals surface area contributed by atoms with Gasteiger partial charge in [0.1, 0.15) is 11.6 Å². The highest BCUT2D eigenvalue weighted by Gasteiger charge is 2.24. The van der Waals surface area contributed by atoms with Crippen molar-refractivity contribution in [1.82, 2.24) is 4.72 Å². The molecule has 0 fully saturated rings.